The van der Waals surface area contributed by atoms with Crippen LogP contribution < -0.4 is 0 Å². The molecule has 2 rings (SSSR count). The molecule has 27 heavy (non-hydrogen) atoms. The third kappa shape index (κ3) is 4.96. The molecular weight excluding hydrogens is 383 g/mol. The van der Waals surface area contributed by atoms with E-state index in [-0.39, 0.29) is 12.4 Å². The SMILES string of the molecule is CN(C)S(=O)(=O)n1c(CCCO)cnc1/C=C\c1ccc(C(F)(F)F)cc1. The number of benzene rings is 1. The minimum atomic E-state index is -4.42. The summed E-state index contributed by atoms with van der Waals surface area (Å²) in [5, 5.41) is 8.99. The van der Waals surface area contributed by atoms with Crippen molar-refractivity contribution in [2.24, 2.45) is 0 Å². The number of rotatable bonds is 7. The van der Waals surface area contributed by atoms with E-state index in [2.05, 4.69) is 4.98 Å². The Morgan fingerprint density at radius 3 is 2.33 bits per heavy atom. The molecular formula is C17H20F3N3O3S. The van der Waals surface area contributed by atoms with E-state index in [4.69, 9.17) is 5.11 Å². The van der Waals surface area contributed by atoms with Crippen LogP contribution in [0, 0.1) is 0 Å². The summed E-state index contributed by atoms with van der Waals surface area (Å²) in [6.07, 6.45) is 0.580. The first-order valence-electron chi connectivity index (χ1n) is 8.03. The number of halogens is 3. The minimum Gasteiger partial charge on any atom is -0.396 e. The monoisotopic (exact) mass is 403 g/mol. The molecule has 148 valence electrons. The topological polar surface area (TPSA) is 75.4 Å². The summed E-state index contributed by atoms with van der Waals surface area (Å²) >= 11 is 0. The lowest BCUT2D eigenvalue weighted by molar-refractivity contribution is -0.137. The van der Waals surface area contributed by atoms with Gasteiger partial charge in [0.1, 0.15) is 5.82 Å². The quantitative estimate of drug-likeness (QED) is 0.771. The van der Waals surface area contributed by atoms with Crippen LogP contribution in [0.5, 0.6) is 0 Å². The van der Waals surface area contributed by atoms with Crippen molar-refractivity contribution in [2.75, 3.05) is 20.7 Å². The molecule has 0 fully saturated rings. The summed E-state index contributed by atoms with van der Waals surface area (Å²) in [5.74, 6) is 0.122. The molecule has 0 radical (unpaired) electrons. The van der Waals surface area contributed by atoms with Gasteiger partial charge in [0.25, 0.3) is 0 Å². The largest absolute Gasteiger partial charge is 0.416 e. The normalized spacial score (nSPS) is 13.0. The van der Waals surface area contributed by atoms with Gasteiger partial charge in [0.15, 0.2) is 0 Å². The van der Waals surface area contributed by atoms with E-state index in [1.54, 1.807) is 0 Å². The minimum absolute atomic E-state index is 0.0933. The van der Waals surface area contributed by atoms with Gasteiger partial charge in [0.2, 0.25) is 0 Å². The summed E-state index contributed by atoms with van der Waals surface area (Å²) in [7, 11) is -1.08. The molecule has 1 heterocycles. The van der Waals surface area contributed by atoms with Crippen molar-refractivity contribution >= 4 is 22.4 Å². The predicted molar refractivity (Wildman–Crippen MR) is 96.0 cm³/mol. The first-order valence-corrected chi connectivity index (χ1v) is 9.43. The van der Waals surface area contributed by atoms with Crippen LogP contribution in [0.1, 0.15) is 29.1 Å². The van der Waals surface area contributed by atoms with E-state index in [1.807, 2.05) is 0 Å². The number of alkyl halides is 3. The van der Waals surface area contributed by atoms with Gasteiger partial charge < -0.3 is 5.11 Å². The lowest BCUT2D eigenvalue weighted by Gasteiger charge is -2.16. The molecule has 1 aromatic heterocycles. The second-order valence-electron chi connectivity index (χ2n) is 5.94. The van der Waals surface area contributed by atoms with Gasteiger partial charge in [-0.15, -0.1) is 0 Å². The molecule has 1 N–H and O–H groups in total. The zero-order valence-electron chi connectivity index (χ0n) is 14.8. The van der Waals surface area contributed by atoms with Crippen LogP contribution in [0.3, 0.4) is 0 Å². The average molecular weight is 403 g/mol. The van der Waals surface area contributed by atoms with Gasteiger partial charge >= 0.3 is 16.4 Å². The number of aliphatic hydroxyl groups excluding tert-OH is 1. The van der Waals surface area contributed by atoms with Crippen molar-refractivity contribution in [1.29, 1.82) is 0 Å². The smallest absolute Gasteiger partial charge is 0.396 e. The molecule has 0 aliphatic carbocycles. The van der Waals surface area contributed by atoms with Crippen molar-refractivity contribution in [3.05, 3.63) is 53.1 Å². The highest BCUT2D eigenvalue weighted by atomic mass is 32.2. The maximum absolute atomic E-state index is 12.6. The van der Waals surface area contributed by atoms with Gasteiger partial charge in [-0.3, -0.25) is 0 Å². The molecule has 2 aromatic rings. The number of aryl methyl sites for hydroxylation is 1. The van der Waals surface area contributed by atoms with Crippen molar-refractivity contribution in [3.63, 3.8) is 0 Å². The van der Waals surface area contributed by atoms with Gasteiger partial charge in [0, 0.05) is 20.7 Å². The highest BCUT2D eigenvalue weighted by molar-refractivity contribution is 7.87. The molecule has 1 aromatic carbocycles. The third-order valence-corrected chi connectivity index (χ3v) is 5.57. The van der Waals surface area contributed by atoms with E-state index < -0.39 is 21.9 Å². The average Bonchev–Trinajstić information content (AvgIpc) is 3.01. The fraction of sp³-hybridized carbons (Fsp3) is 0.353. The van der Waals surface area contributed by atoms with E-state index in [0.717, 1.165) is 20.4 Å². The fourth-order valence-corrected chi connectivity index (χ4v) is 3.42. The van der Waals surface area contributed by atoms with Gasteiger partial charge in [-0.2, -0.15) is 25.9 Å². The molecule has 0 unspecified atom stereocenters. The highest BCUT2D eigenvalue weighted by Crippen LogP contribution is 2.29. The van der Waals surface area contributed by atoms with E-state index in [0.29, 0.717) is 24.1 Å². The standard InChI is InChI=1S/C17H20F3N3O3S/c1-22(2)27(25,26)23-15(4-3-11-24)12-21-16(23)10-7-13-5-8-14(9-6-13)17(18,19)20/h5-10,12,24H,3-4,11H2,1-2H3/b10-7-. The zero-order chi connectivity index (χ0) is 20.2. The molecule has 0 amide bonds. The van der Waals surface area contributed by atoms with Crippen LogP contribution >= 0.6 is 0 Å². The van der Waals surface area contributed by atoms with Crippen molar-refractivity contribution in [2.45, 2.75) is 19.0 Å². The number of aliphatic hydroxyl groups is 1. The molecule has 0 aliphatic heterocycles. The van der Waals surface area contributed by atoms with E-state index >= 15 is 0 Å². The summed E-state index contributed by atoms with van der Waals surface area (Å²) in [6, 6.07) is 4.49. The summed E-state index contributed by atoms with van der Waals surface area (Å²) in [5.41, 5.74) is 0.115. The Balaban J connectivity index is 2.38. The van der Waals surface area contributed by atoms with Gasteiger partial charge in [-0.05, 0) is 36.6 Å². The van der Waals surface area contributed by atoms with Crippen molar-refractivity contribution < 1.29 is 26.7 Å². The van der Waals surface area contributed by atoms with Crippen LogP contribution in [0.15, 0.2) is 30.5 Å². The molecule has 6 nitrogen and oxygen atoms in total. The number of aromatic nitrogens is 2. The molecule has 0 saturated heterocycles. The molecule has 0 bridgehead atoms. The van der Waals surface area contributed by atoms with Gasteiger partial charge in [-0.25, -0.2) is 8.96 Å². The van der Waals surface area contributed by atoms with Gasteiger partial charge in [-0.1, -0.05) is 18.2 Å². The zero-order valence-corrected chi connectivity index (χ0v) is 15.6. The predicted octanol–water partition coefficient (Wildman–Crippen LogP) is 2.65. The molecule has 0 saturated carbocycles. The maximum Gasteiger partial charge on any atom is 0.416 e. The van der Waals surface area contributed by atoms with Crippen molar-refractivity contribution in [1.82, 2.24) is 13.3 Å². The van der Waals surface area contributed by atoms with Crippen LogP contribution in [0.2, 0.25) is 0 Å². The Morgan fingerprint density at radius 1 is 1.19 bits per heavy atom. The summed E-state index contributed by atoms with van der Waals surface area (Å²) in [4.78, 5) is 4.10. The fourth-order valence-electron chi connectivity index (χ4n) is 2.31. The van der Waals surface area contributed by atoms with Crippen LogP contribution in [-0.2, 0) is 22.8 Å². The second kappa shape index (κ2) is 8.24. The van der Waals surface area contributed by atoms with E-state index in [1.165, 1.54) is 44.6 Å². The van der Waals surface area contributed by atoms with Crippen LogP contribution in [-0.4, -0.2) is 47.5 Å². The molecule has 0 atom stereocenters. The second-order valence-corrected chi connectivity index (χ2v) is 7.93. The van der Waals surface area contributed by atoms with Crippen LogP contribution in [0.4, 0.5) is 13.2 Å². The Labute approximate surface area is 155 Å². The Morgan fingerprint density at radius 2 is 1.81 bits per heavy atom. The Bertz CT molecular complexity index is 902. The van der Waals surface area contributed by atoms with E-state index in [9.17, 15) is 21.6 Å². The maximum atomic E-state index is 12.6. The molecule has 10 heteroatoms. The first-order chi connectivity index (χ1) is 12.6. The van der Waals surface area contributed by atoms with Crippen LogP contribution in [0.25, 0.3) is 12.2 Å². The lowest BCUT2D eigenvalue weighted by atomic mass is 10.1. The lowest BCUT2D eigenvalue weighted by Crippen LogP contribution is -2.30. The Kier molecular flexibility index (Phi) is 6.45. The van der Waals surface area contributed by atoms with Crippen molar-refractivity contribution in [3.8, 4) is 0 Å². The number of hydrogen-bond acceptors (Lipinski definition) is 4. The number of imidazole rings is 1. The third-order valence-electron chi connectivity index (χ3n) is 3.76. The first kappa shape index (κ1) is 21.1. The highest BCUT2D eigenvalue weighted by Gasteiger charge is 2.29. The summed E-state index contributed by atoms with van der Waals surface area (Å²) < 4.78 is 65.1. The number of nitrogens with zero attached hydrogens (tertiary/aromatic N) is 3. The molecule has 0 spiro atoms. The summed E-state index contributed by atoms with van der Waals surface area (Å²) in [6.45, 7) is -0.0933. The Hall–Kier alpha value is -2.17. The molecule has 0 aliphatic rings. The number of hydrogen-bond donors (Lipinski definition) is 1. The van der Waals surface area contributed by atoms with Gasteiger partial charge in [0.05, 0.1) is 17.5 Å².